The van der Waals surface area contributed by atoms with Crippen molar-refractivity contribution in [3.05, 3.63) is 29.8 Å². The first-order valence-electron chi connectivity index (χ1n) is 6.59. The molecule has 7 heteroatoms. The smallest absolute Gasteiger partial charge is 0.329 e. The molecule has 0 spiro atoms. The zero-order valence-corrected chi connectivity index (χ0v) is 12.6. The molecule has 0 unspecified atom stereocenters. The number of carboxylic acid groups (broad SMARTS) is 1. The van der Waals surface area contributed by atoms with Crippen LogP contribution in [0.25, 0.3) is 0 Å². The first-order valence-corrected chi connectivity index (χ1v) is 8.13. The van der Waals surface area contributed by atoms with Crippen LogP contribution in [0.4, 0.5) is 0 Å². The molecule has 0 atom stereocenters. The monoisotopic (exact) mass is 311 g/mol. The number of hydrogen-bond acceptors (Lipinski definition) is 4. The molecule has 0 bridgehead atoms. The summed E-state index contributed by atoms with van der Waals surface area (Å²) in [6, 6.07) is 5.51. The van der Waals surface area contributed by atoms with Gasteiger partial charge < -0.3 is 10.4 Å². The molecule has 1 aromatic rings. The summed E-state index contributed by atoms with van der Waals surface area (Å²) in [4.78, 5) is 23.1. The lowest BCUT2D eigenvalue weighted by atomic mass is 10.2. The number of amides is 1. The molecule has 1 amide bonds. The molecule has 0 aromatic heterocycles. The van der Waals surface area contributed by atoms with Crippen LogP contribution in [0, 0.1) is 0 Å². The topological polar surface area (TPSA) is 101 Å². The van der Waals surface area contributed by atoms with E-state index in [0.29, 0.717) is 12.8 Å². The van der Waals surface area contributed by atoms with Crippen LogP contribution >= 0.6 is 0 Å². The average molecular weight is 311 g/mol. The summed E-state index contributed by atoms with van der Waals surface area (Å²) in [7, 11) is -3.38. The second kappa shape index (κ2) is 5.14. The van der Waals surface area contributed by atoms with Crippen LogP contribution in [-0.2, 0) is 14.6 Å². The third-order valence-electron chi connectivity index (χ3n) is 3.58. The van der Waals surface area contributed by atoms with Crippen LogP contribution in [0.2, 0.25) is 0 Å². The maximum Gasteiger partial charge on any atom is 0.329 e. The predicted molar refractivity (Wildman–Crippen MR) is 75.8 cm³/mol. The third-order valence-corrected chi connectivity index (χ3v) is 5.75. The zero-order valence-electron chi connectivity index (χ0n) is 11.8. The molecule has 0 radical (unpaired) electrons. The summed E-state index contributed by atoms with van der Waals surface area (Å²) >= 11 is 0. The molecule has 0 aliphatic heterocycles. The van der Waals surface area contributed by atoms with Gasteiger partial charge in [0.15, 0.2) is 9.84 Å². The van der Waals surface area contributed by atoms with E-state index in [0.717, 1.165) is 0 Å². The Hall–Kier alpha value is -1.89. The van der Waals surface area contributed by atoms with Crippen molar-refractivity contribution >= 4 is 21.7 Å². The van der Waals surface area contributed by atoms with Crippen LogP contribution in [0.3, 0.4) is 0 Å². The molecule has 1 aromatic carbocycles. The molecule has 1 aliphatic rings. The first kappa shape index (κ1) is 15.5. The Morgan fingerprint density at radius 1 is 1.19 bits per heavy atom. The van der Waals surface area contributed by atoms with E-state index in [1.807, 2.05) is 0 Å². The molecule has 0 heterocycles. The van der Waals surface area contributed by atoms with Gasteiger partial charge in [0.2, 0.25) is 0 Å². The van der Waals surface area contributed by atoms with Crippen molar-refractivity contribution < 1.29 is 23.1 Å². The first-order chi connectivity index (χ1) is 9.69. The van der Waals surface area contributed by atoms with Gasteiger partial charge in [0, 0.05) is 5.56 Å². The van der Waals surface area contributed by atoms with Crippen LogP contribution in [0.15, 0.2) is 29.2 Å². The standard InChI is InChI=1S/C14H17NO5S/c1-9(2)21(19,20)11-5-3-10(4-6-11)12(16)15-14(7-8-14)13(17)18/h3-6,9H,7-8H2,1-2H3,(H,15,16)(H,17,18). The molecular formula is C14H17NO5S. The van der Waals surface area contributed by atoms with E-state index in [1.165, 1.54) is 24.3 Å². The highest BCUT2D eigenvalue weighted by Crippen LogP contribution is 2.35. The number of carbonyl (C=O) groups excluding carboxylic acids is 1. The van der Waals surface area contributed by atoms with Gasteiger partial charge in [-0.2, -0.15) is 0 Å². The molecule has 2 rings (SSSR count). The maximum absolute atomic E-state index is 12.0. The number of benzene rings is 1. The van der Waals surface area contributed by atoms with Gasteiger partial charge in [-0.15, -0.1) is 0 Å². The van der Waals surface area contributed by atoms with Crippen LogP contribution in [0.1, 0.15) is 37.0 Å². The molecule has 2 N–H and O–H groups in total. The highest BCUT2D eigenvalue weighted by Gasteiger charge is 2.51. The van der Waals surface area contributed by atoms with Gasteiger partial charge >= 0.3 is 5.97 Å². The lowest BCUT2D eigenvalue weighted by molar-refractivity contribution is -0.140. The van der Waals surface area contributed by atoms with E-state index in [9.17, 15) is 18.0 Å². The fraction of sp³-hybridized carbons (Fsp3) is 0.429. The minimum Gasteiger partial charge on any atom is -0.480 e. The number of carbonyl (C=O) groups is 2. The van der Waals surface area contributed by atoms with Crippen LogP contribution < -0.4 is 5.32 Å². The summed E-state index contributed by atoms with van der Waals surface area (Å²) in [5.74, 6) is -1.56. The molecule has 114 valence electrons. The number of sulfone groups is 1. The van der Waals surface area contributed by atoms with E-state index < -0.39 is 32.5 Å². The van der Waals surface area contributed by atoms with Crippen molar-refractivity contribution in [2.24, 2.45) is 0 Å². The predicted octanol–water partition coefficient (Wildman–Crippen LogP) is 1.22. The Bertz CT molecular complexity index is 672. The SMILES string of the molecule is CC(C)S(=O)(=O)c1ccc(C(=O)NC2(C(=O)O)CC2)cc1. The molecule has 1 aliphatic carbocycles. The van der Waals surface area contributed by atoms with E-state index in [2.05, 4.69) is 5.32 Å². The van der Waals surface area contributed by atoms with Gasteiger partial charge in [0.1, 0.15) is 5.54 Å². The summed E-state index contributed by atoms with van der Waals surface area (Å²) < 4.78 is 23.9. The molecule has 1 saturated carbocycles. The maximum atomic E-state index is 12.0. The number of aliphatic carboxylic acids is 1. The van der Waals surface area contributed by atoms with Crippen molar-refractivity contribution in [3.8, 4) is 0 Å². The largest absolute Gasteiger partial charge is 0.480 e. The van der Waals surface area contributed by atoms with Crippen LogP contribution in [0.5, 0.6) is 0 Å². The van der Waals surface area contributed by atoms with Gasteiger partial charge in [-0.05, 0) is 51.0 Å². The van der Waals surface area contributed by atoms with Gasteiger partial charge in [-0.25, -0.2) is 13.2 Å². The number of hydrogen-bond donors (Lipinski definition) is 2. The minimum absolute atomic E-state index is 0.147. The van der Waals surface area contributed by atoms with E-state index in [-0.39, 0.29) is 10.5 Å². The van der Waals surface area contributed by atoms with Crippen LogP contribution in [-0.4, -0.2) is 36.2 Å². The summed E-state index contributed by atoms with van der Waals surface area (Å²) in [6.45, 7) is 3.17. The molecule has 0 saturated heterocycles. The number of nitrogens with one attached hydrogen (secondary N) is 1. The molecule has 1 fully saturated rings. The molecule has 6 nitrogen and oxygen atoms in total. The summed E-state index contributed by atoms with van der Waals surface area (Å²) in [5.41, 5.74) is -0.912. The second-order valence-electron chi connectivity index (χ2n) is 5.46. The zero-order chi connectivity index (χ0) is 15.8. The molecular weight excluding hydrogens is 294 g/mol. The second-order valence-corrected chi connectivity index (χ2v) is 7.96. The quantitative estimate of drug-likeness (QED) is 0.851. The van der Waals surface area contributed by atoms with Gasteiger partial charge in [0.25, 0.3) is 5.91 Å². The van der Waals surface area contributed by atoms with Crippen molar-refractivity contribution in [2.75, 3.05) is 0 Å². The summed E-state index contributed by atoms with van der Waals surface area (Å²) in [6.07, 6.45) is 0.821. The Balaban J connectivity index is 2.16. The fourth-order valence-electron chi connectivity index (χ4n) is 1.87. The Kier molecular flexibility index (Phi) is 3.79. The molecule has 21 heavy (non-hydrogen) atoms. The lowest BCUT2D eigenvalue weighted by Crippen LogP contribution is -2.43. The number of carboxylic acids is 1. The van der Waals surface area contributed by atoms with Crippen molar-refractivity contribution in [1.29, 1.82) is 0 Å². The highest BCUT2D eigenvalue weighted by molar-refractivity contribution is 7.92. The van der Waals surface area contributed by atoms with E-state index in [4.69, 9.17) is 5.11 Å². The van der Waals surface area contributed by atoms with Crippen molar-refractivity contribution in [1.82, 2.24) is 5.32 Å². The van der Waals surface area contributed by atoms with E-state index in [1.54, 1.807) is 13.8 Å². The average Bonchev–Trinajstić information content (AvgIpc) is 3.19. The third kappa shape index (κ3) is 2.92. The Labute approximate surface area is 123 Å². The van der Waals surface area contributed by atoms with Gasteiger partial charge in [0.05, 0.1) is 10.1 Å². The van der Waals surface area contributed by atoms with E-state index >= 15 is 0 Å². The lowest BCUT2D eigenvalue weighted by Gasteiger charge is -2.13. The number of rotatable bonds is 5. The normalized spacial score (nSPS) is 16.5. The highest BCUT2D eigenvalue weighted by atomic mass is 32.2. The summed E-state index contributed by atoms with van der Waals surface area (Å²) in [5, 5.41) is 11.0. The van der Waals surface area contributed by atoms with Gasteiger partial charge in [-0.1, -0.05) is 0 Å². The van der Waals surface area contributed by atoms with Crippen molar-refractivity contribution in [2.45, 2.75) is 42.4 Å². The van der Waals surface area contributed by atoms with Gasteiger partial charge in [-0.3, -0.25) is 4.79 Å². The Morgan fingerprint density at radius 2 is 1.71 bits per heavy atom. The van der Waals surface area contributed by atoms with Crippen molar-refractivity contribution in [3.63, 3.8) is 0 Å². The fourth-order valence-corrected chi connectivity index (χ4v) is 2.93. The minimum atomic E-state index is -3.38. The Morgan fingerprint density at radius 3 is 2.10 bits per heavy atom.